The molecule has 0 radical (unpaired) electrons. The molecule has 5 aliphatic rings. The van der Waals surface area contributed by atoms with Gasteiger partial charge in [-0.25, -0.2) is 4.39 Å². The predicted octanol–water partition coefficient (Wildman–Crippen LogP) is 13.8. The third-order valence-corrected chi connectivity index (χ3v) is 14.0. The molecule has 266 valence electrons. The molecule has 4 saturated carbocycles. The van der Waals surface area contributed by atoms with Crippen molar-refractivity contribution in [2.75, 3.05) is 4.90 Å². The van der Waals surface area contributed by atoms with Gasteiger partial charge in [0.2, 0.25) is 0 Å². The molecule has 2 nitrogen and oxygen atoms in total. The van der Waals surface area contributed by atoms with Crippen LogP contribution < -0.4 is 4.90 Å². The number of para-hydroxylation sites is 2. The fourth-order valence-electron chi connectivity index (χ4n) is 12.2. The molecule has 5 aliphatic carbocycles. The maximum absolute atomic E-state index is 14.4. The van der Waals surface area contributed by atoms with Crippen molar-refractivity contribution in [1.82, 2.24) is 4.57 Å². The van der Waals surface area contributed by atoms with E-state index in [9.17, 15) is 4.39 Å². The first-order valence-electron chi connectivity index (χ1n) is 20.1. The second-order valence-electron chi connectivity index (χ2n) is 16.7. The Balaban J connectivity index is 1.09. The highest BCUT2D eigenvalue weighted by Crippen LogP contribution is 2.70. The largest absolute Gasteiger partial charge is 0.310 e. The lowest BCUT2D eigenvalue weighted by atomic mass is 9.43. The number of anilines is 3. The van der Waals surface area contributed by atoms with Crippen LogP contribution in [0, 0.1) is 29.5 Å². The minimum absolute atomic E-state index is 0.0300. The summed E-state index contributed by atoms with van der Waals surface area (Å²) in [5.74, 6) is 2.74. The van der Waals surface area contributed by atoms with Gasteiger partial charge in [0.05, 0.1) is 16.7 Å². The van der Waals surface area contributed by atoms with Gasteiger partial charge in [0.1, 0.15) is 5.82 Å². The zero-order valence-corrected chi connectivity index (χ0v) is 30.7. The number of aromatic nitrogens is 1. The van der Waals surface area contributed by atoms with Crippen molar-refractivity contribution < 1.29 is 4.39 Å². The van der Waals surface area contributed by atoms with Gasteiger partial charge in [-0.3, -0.25) is 0 Å². The van der Waals surface area contributed by atoms with Crippen molar-refractivity contribution in [2.45, 2.75) is 37.5 Å². The minimum atomic E-state index is -0.229. The molecule has 13 rings (SSSR count). The van der Waals surface area contributed by atoms with Crippen LogP contribution in [0.4, 0.5) is 21.5 Å². The fourth-order valence-corrected chi connectivity index (χ4v) is 12.2. The van der Waals surface area contributed by atoms with Crippen molar-refractivity contribution in [3.8, 4) is 27.9 Å². The molecule has 0 N–H and O–H groups in total. The van der Waals surface area contributed by atoms with Gasteiger partial charge in [-0.05, 0) is 156 Å². The smallest absolute Gasteiger partial charge is 0.123 e. The Hall–Kier alpha value is -5.93. The average Bonchev–Trinajstić information content (AvgIpc) is 3.72. The normalized spacial score (nSPS) is 23.1. The van der Waals surface area contributed by atoms with Gasteiger partial charge >= 0.3 is 0 Å². The van der Waals surface area contributed by atoms with Gasteiger partial charge in [-0.1, -0.05) is 97.1 Å². The first-order valence-corrected chi connectivity index (χ1v) is 20.1. The first-order chi connectivity index (χ1) is 27.1. The van der Waals surface area contributed by atoms with E-state index in [-0.39, 0.29) is 11.2 Å². The molecule has 8 aromatic rings. The highest BCUT2D eigenvalue weighted by Gasteiger charge is 2.62. The van der Waals surface area contributed by atoms with E-state index in [4.69, 9.17) is 0 Å². The number of benzene rings is 7. The van der Waals surface area contributed by atoms with E-state index < -0.39 is 0 Å². The molecule has 4 bridgehead atoms. The summed E-state index contributed by atoms with van der Waals surface area (Å²) in [6.07, 6.45) is 6.72. The summed E-state index contributed by atoms with van der Waals surface area (Å²) >= 11 is 0. The number of nitrogens with zero attached hydrogens (tertiary/aromatic N) is 2. The summed E-state index contributed by atoms with van der Waals surface area (Å²) < 4.78 is 17.0. The Morgan fingerprint density at radius 3 is 1.71 bits per heavy atom. The molecular formula is C52H41FN2. The number of rotatable bonds is 5. The maximum atomic E-state index is 14.4. The zero-order valence-electron chi connectivity index (χ0n) is 30.7. The SMILES string of the molecule is Fc1ccc(N(c2ccc(-c3ccccc3)cc2)c2ccc3c(c2)-c2cccc(-n4c5ccccc5c5ccccc54)c2C32C3CC4CC(C3)CC2C4)cc1. The molecule has 0 amide bonds. The molecule has 1 aromatic heterocycles. The third kappa shape index (κ3) is 4.47. The third-order valence-electron chi connectivity index (χ3n) is 14.0. The van der Waals surface area contributed by atoms with E-state index in [1.165, 1.54) is 87.4 Å². The van der Waals surface area contributed by atoms with Crippen LogP contribution in [0.25, 0.3) is 49.7 Å². The van der Waals surface area contributed by atoms with E-state index in [0.717, 1.165) is 28.9 Å². The van der Waals surface area contributed by atoms with Crippen LogP contribution in [-0.4, -0.2) is 4.57 Å². The lowest BCUT2D eigenvalue weighted by molar-refractivity contribution is -0.0399. The van der Waals surface area contributed by atoms with Crippen LogP contribution in [-0.2, 0) is 5.41 Å². The summed E-state index contributed by atoms with van der Waals surface area (Å²) in [6, 6.07) is 58.6. The van der Waals surface area contributed by atoms with Gasteiger partial charge in [0, 0.05) is 33.2 Å². The van der Waals surface area contributed by atoms with Crippen molar-refractivity contribution in [2.24, 2.45) is 23.7 Å². The van der Waals surface area contributed by atoms with Gasteiger partial charge in [-0.15, -0.1) is 0 Å². The Labute approximate surface area is 321 Å². The molecule has 4 fully saturated rings. The summed E-state index contributed by atoms with van der Waals surface area (Å²) in [4.78, 5) is 2.30. The van der Waals surface area contributed by atoms with E-state index in [1.807, 2.05) is 12.1 Å². The molecule has 0 aliphatic heterocycles. The molecule has 1 spiro atoms. The van der Waals surface area contributed by atoms with Gasteiger partial charge < -0.3 is 9.47 Å². The maximum Gasteiger partial charge on any atom is 0.123 e. The van der Waals surface area contributed by atoms with Crippen molar-refractivity contribution in [1.29, 1.82) is 0 Å². The topological polar surface area (TPSA) is 8.17 Å². The van der Waals surface area contributed by atoms with Gasteiger partial charge in [0.25, 0.3) is 0 Å². The Bertz CT molecular complexity index is 2700. The summed E-state index contributed by atoms with van der Waals surface area (Å²) in [5.41, 5.74) is 15.1. The minimum Gasteiger partial charge on any atom is -0.310 e. The Morgan fingerprint density at radius 1 is 0.491 bits per heavy atom. The molecule has 3 heteroatoms. The second kappa shape index (κ2) is 11.8. The second-order valence-corrected chi connectivity index (χ2v) is 16.7. The Morgan fingerprint density at radius 2 is 1.05 bits per heavy atom. The molecule has 1 heterocycles. The summed E-state index contributed by atoms with van der Waals surface area (Å²) in [6.45, 7) is 0. The number of hydrogen-bond donors (Lipinski definition) is 0. The number of fused-ring (bicyclic) bond motifs is 6. The molecular weight excluding hydrogens is 672 g/mol. The predicted molar refractivity (Wildman–Crippen MR) is 224 cm³/mol. The van der Waals surface area contributed by atoms with E-state index >= 15 is 0 Å². The zero-order chi connectivity index (χ0) is 36.3. The first kappa shape index (κ1) is 31.4. The van der Waals surface area contributed by atoms with Crippen molar-refractivity contribution in [3.63, 3.8) is 0 Å². The summed E-state index contributed by atoms with van der Waals surface area (Å²) in [5, 5.41) is 2.61. The standard InChI is InChI=1S/C52H41FN2/c53-39-19-23-41(24-20-39)54(40-21-17-36(18-22-40)35-9-2-1-3-10-35)42-25-26-47-46(32-42)45-13-8-16-50(51(45)52(47)37-28-33-27-34(30-37)31-38(52)29-33)55-48-14-6-4-11-43(48)44-12-5-7-15-49(44)55/h1-26,32-34,37-38H,27-31H2. The quantitative estimate of drug-likeness (QED) is 0.172. The lowest BCUT2D eigenvalue weighted by Crippen LogP contribution is -2.55. The average molecular weight is 713 g/mol. The molecule has 0 atom stereocenters. The summed E-state index contributed by atoms with van der Waals surface area (Å²) in [7, 11) is 0. The van der Waals surface area contributed by atoms with Gasteiger partial charge in [-0.2, -0.15) is 0 Å². The lowest BCUT2D eigenvalue weighted by Gasteiger charge is -2.61. The highest BCUT2D eigenvalue weighted by atomic mass is 19.1. The van der Waals surface area contributed by atoms with E-state index in [2.05, 4.69) is 149 Å². The van der Waals surface area contributed by atoms with Gasteiger partial charge in [0.15, 0.2) is 0 Å². The van der Waals surface area contributed by atoms with E-state index in [1.54, 1.807) is 17.7 Å². The Kier molecular flexibility index (Phi) is 6.73. The number of hydrogen-bond acceptors (Lipinski definition) is 1. The van der Waals surface area contributed by atoms with Crippen LogP contribution in [0.1, 0.15) is 43.2 Å². The molecule has 0 saturated heterocycles. The molecule has 7 aromatic carbocycles. The number of halogens is 1. The molecule has 0 unspecified atom stereocenters. The van der Waals surface area contributed by atoms with Crippen LogP contribution in [0.15, 0.2) is 164 Å². The highest BCUT2D eigenvalue weighted by molar-refractivity contribution is 6.09. The fraction of sp³-hybridized carbons (Fsp3) is 0.192. The van der Waals surface area contributed by atoms with Crippen molar-refractivity contribution in [3.05, 3.63) is 181 Å². The monoisotopic (exact) mass is 712 g/mol. The van der Waals surface area contributed by atoms with Crippen LogP contribution in [0.5, 0.6) is 0 Å². The van der Waals surface area contributed by atoms with Crippen LogP contribution in [0.3, 0.4) is 0 Å². The van der Waals surface area contributed by atoms with Crippen LogP contribution >= 0.6 is 0 Å². The molecule has 55 heavy (non-hydrogen) atoms. The van der Waals surface area contributed by atoms with Crippen LogP contribution in [0.2, 0.25) is 0 Å². The van der Waals surface area contributed by atoms with Crippen molar-refractivity contribution >= 4 is 38.9 Å². The van der Waals surface area contributed by atoms with E-state index in [0.29, 0.717) is 11.8 Å².